The van der Waals surface area contributed by atoms with Crippen molar-refractivity contribution in [3.63, 3.8) is 0 Å². The van der Waals surface area contributed by atoms with Gasteiger partial charge < -0.3 is 15.1 Å². The second-order valence-electron chi connectivity index (χ2n) is 8.77. The summed E-state index contributed by atoms with van der Waals surface area (Å²) in [5.74, 6) is 0.0597. The molecule has 3 aromatic heterocycles. The molecule has 0 unspecified atom stereocenters. The minimum atomic E-state index is 0.0597. The molecule has 2 fully saturated rings. The molecule has 1 saturated heterocycles. The summed E-state index contributed by atoms with van der Waals surface area (Å²) >= 11 is 0. The number of imidazole rings is 1. The monoisotopic (exact) mass is 414 g/mol. The summed E-state index contributed by atoms with van der Waals surface area (Å²) in [4.78, 5) is 27.7. The summed E-state index contributed by atoms with van der Waals surface area (Å²) in [6.45, 7) is 3.40. The molecule has 1 aromatic carbocycles. The molecule has 0 bridgehead atoms. The fraction of sp³-hybridized carbons (Fsp3) is 0.375. The fourth-order valence-electron chi connectivity index (χ4n) is 4.65. The Hall–Kier alpha value is -3.19. The molecule has 4 aromatic rings. The summed E-state index contributed by atoms with van der Waals surface area (Å²) in [5, 5.41) is 4.63. The van der Waals surface area contributed by atoms with Crippen LogP contribution in [0.3, 0.4) is 0 Å². The first-order valence-corrected chi connectivity index (χ1v) is 11.1. The Kier molecular flexibility index (Phi) is 4.31. The van der Waals surface area contributed by atoms with Gasteiger partial charge in [0.05, 0.1) is 22.2 Å². The second-order valence-corrected chi connectivity index (χ2v) is 8.77. The number of hydrogen-bond donors (Lipinski definition) is 1. The molecular formula is C24H26N6O. The van der Waals surface area contributed by atoms with Gasteiger partial charge in [-0.1, -0.05) is 12.1 Å². The van der Waals surface area contributed by atoms with Crippen LogP contribution in [0.2, 0.25) is 0 Å². The lowest BCUT2D eigenvalue weighted by molar-refractivity contribution is 0.0765. The summed E-state index contributed by atoms with van der Waals surface area (Å²) < 4.78 is 2.13. The van der Waals surface area contributed by atoms with Gasteiger partial charge in [0.15, 0.2) is 5.65 Å². The zero-order valence-electron chi connectivity index (χ0n) is 17.7. The molecule has 0 radical (unpaired) electrons. The van der Waals surface area contributed by atoms with Crippen LogP contribution < -0.4 is 5.32 Å². The zero-order chi connectivity index (χ0) is 20.9. The Morgan fingerprint density at radius 3 is 2.81 bits per heavy atom. The number of amides is 1. The second kappa shape index (κ2) is 7.20. The van der Waals surface area contributed by atoms with Crippen molar-refractivity contribution in [1.82, 2.24) is 24.2 Å². The third-order valence-corrected chi connectivity index (χ3v) is 6.49. The number of carbonyl (C=O) groups excluding carboxylic acids is 1. The molecule has 2 aliphatic rings. The maximum atomic E-state index is 14.0. The highest BCUT2D eigenvalue weighted by atomic mass is 16.2. The molecule has 1 aliphatic carbocycles. The van der Waals surface area contributed by atoms with Crippen molar-refractivity contribution < 1.29 is 4.79 Å². The van der Waals surface area contributed by atoms with Gasteiger partial charge in [-0.05, 0) is 51.1 Å². The Labute approximate surface area is 180 Å². The van der Waals surface area contributed by atoms with Crippen molar-refractivity contribution >= 4 is 39.2 Å². The summed E-state index contributed by atoms with van der Waals surface area (Å²) in [7, 11) is 2.12. The molecule has 7 nitrogen and oxygen atoms in total. The average molecular weight is 415 g/mol. The number of benzene rings is 1. The Morgan fingerprint density at radius 1 is 1.06 bits per heavy atom. The van der Waals surface area contributed by atoms with Gasteiger partial charge >= 0.3 is 0 Å². The maximum Gasteiger partial charge on any atom is 0.259 e. The van der Waals surface area contributed by atoms with Crippen molar-refractivity contribution in [1.29, 1.82) is 0 Å². The molecule has 1 aliphatic heterocycles. The predicted octanol–water partition coefficient (Wildman–Crippen LogP) is 3.39. The van der Waals surface area contributed by atoms with E-state index >= 15 is 0 Å². The van der Waals surface area contributed by atoms with Gasteiger partial charge in [-0.3, -0.25) is 14.2 Å². The minimum absolute atomic E-state index is 0.0597. The van der Waals surface area contributed by atoms with Crippen LogP contribution in [0.25, 0.3) is 27.6 Å². The quantitative estimate of drug-likeness (QED) is 0.557. The van der Waals surface area contributed by atoms with Gasteiger partial charge in [-0.25, -0.2) is 4.98 Å². The normalized spacial score (nSPS) is 18.0. The standard InChI is InChI=1S/C24H26N6O/c1-28-11-4-12-29(14-13-28)24(31)21-22(26-16-7-8-16)17-15-25-10-9-19(17)30-20-6-3-2-5-18(20)27-23(21)30/h2-3,5-6,9-10,15-16,26H,4,7-8,11-14H2,1H3. The Morgan fingerprint density at radius 2 is 1.94 bits per heavy atom. The van der Waals surface area contributed by atoms with Crippen LogP contribution in [-0.2, 0) is 0 Å². The Bertz CT molecular complexity index is 1310. The number of likely N-dealkylation sites (N-methyl/N-ethyl adjacent to an activating group) is 1. The molecule has 31 heavy (non-hydrogen) atoms. The number of pyridine rings is 2. The molecule has 6 rings (SSSR count). The van der Waals surface area contributed by atoms with E-state index in [0.29, 0.717) is 11.6 Å². The van der Waals surface area contributed by atoms with E-state index < -0.39 is 0 Å². The van der Waals surface area contributed by atoms with Crippen molar-refractivity contribution in [2.75, 3.05) is 38.5 Å². The van der Waals surface area contributed by atoms with Crippen molar-refractivity contribution in [3.05, 3.63) is 48.3 Å². The lowest BCUT2D eigenvalue weighted by Gasteiger charge is -2.24. The smallest absolute Gasteiger partial charge is 0.259 e. The first-order chi connectivity index (χ1) is 15.2. The first-order valence-electron chi connectivity index (χ1n) is 11.1. The van der Waals surface area contributed by atoms with Crippen LogP contribution in [0, 0.1) is 0 Å². The van der Waals surface area contributed by atoms with Gasteiger partial charge in [-0.15, -0.1) is 0 Å². The molecule has 0 spiro atoms. The van der Waals surface area contributed by atoms with Crippen LogP contribution in [0.1, 0.15) is 29.6 Å². The SMILES string of the molecule is CN1CCCN(C(=O)c2c(NC3CC3)c3cnccc3n3c2nc2ccccc23)CC1. The molecule has 1 amide bonds. The highest BCUT2D eigenvalue weighted by Gasteiger charge is 2.31. The number of rotatable bonds is 3. The highest BCUT2D eigenvalue weighted by molar-refractivity contribution is 6.14. The third-order valence-electron chi connectivity index (χ3n) is 6.49. The van der Waals surface area contributed by atoms with E-state index in [-0.39, 0.29) is 5.91 Å². The Balaban J connectivity index is 1.64. The van der Waals surface area contributed by atoms with Gasteiger partial charge in [0.25, 0.3) is 5.91 Å². The van der Waals surface area contributed by atoms with Crippen LogP contribution in [0.15, 0.2) is 42.7 Å². The number of hydrogen-bond acceptors (Lipinski definition) is 5. The summed E-state index contributed by atoms with van der Waals surface area (Å²) in [6.07, 6.45) is 6.93. The molecule has 158 valence electrons. The molecular weight excluding hydrogens is 388 g/mol. The van der Waals surface area contributed by atoms with Gasteiger partial charge in [0, 0.05) is 43.5 Å². The zero-order valence-corrected chi connectivity index (χ0v) is 17.7. The lowest BCUT2D eigenvalue weighted by atomic mass is 10.1. The lowest BCUT2D eigenvalue weighted by Crippen LogP contribution is -2.35. The van der Waals surface area contributed by atoms with Crippen LogP contribution in [0.5, 0.6) is 0 Å². The number of anilines is 1. The van der Waals surface area contributed by atoms with E-state index in [2.05, 4.69) is 32.7 Å². The topological polar surface area (TPSA) is 65.8 Å². The maximum absolute atomic E-state index is 14.0. The predicted molar refractivity (Wildman–Crippen MR) is 123 cm³/mol. The number of aromatic nitrogens is 3. The number of nitrogens with zero attached hydrogens (tertiary/aromatic N) is 5. The highest BCUT2D eigenvalue weighted by Crippen LogP contribution is 2.37. The number of carbonyl (C=O) groups is 1. The van der Waals surface area contributed by atoms with E-state index in [9.17, 15) is 4.79 Å². The molecule has 1 saturated carbocycles. The number of fused-ring (bicyclic) bond motifs is 5. The third kappa shape index (κ3) is 3.11. The van der Waals surface area contributed by atoms with Crippen LogP contribution in [-0.4, -0.2) is 69.3 Å². The van der Waals surface area contributed by atoms with E-state index in [4.69, 9.17) is 4.98 Å². The summed E-state index contributed by atoms with van der Waals surface area (Å²) in [5.41, 5.74) is 5.22. The van der Waals surface area contributed by atoms with Gasteiger partial charge in [0.1, 0.15) is 5.56 Å². The molecule has 1 N–H and O–H groups in total. The number of para-hydroxylation sites is 2. The van der Waals surface area contributed by atoms with E-state index in [1.54, 1.807) is 0 Å². The van der Waals surface area contributed by atoms with Gasteiger partial charge in [-0.2, -0.15) is 0 Å². The molecule has 4 heterocycles. The average Bonchev–Trinajstić information content (AvgIpc) is 3.56. The van der Waals surface area contributed by atoms with Crippen molar-refractivity contribution in [2.45, 2.75) is 25.3 Å². The van der Waals surface area contributed by atoms with Crippen molar-refractivity contribution in [3.8, 4) is 0 Å². The fourth-order valence-corrected chi connectivity index (χ4v) is 4.65. The minimum Gasteiger partial charge on any atom is -0.381 e. The summed E-state index contributed by atoms with van der Waals surface area (Å²) in [6, 6.07) is 10.5. The van der Waals surface area contributed by atoms with E-state index in [1.807, 2.05) is 41.6 Å². The van der Waals surface area contributed by atoms with E-state index in [0.717, 1.165) is 78.7 Å². The van der Waals surface area contributed by atoms with Crippen LogP contribution >= 0.6 is 0 Å². The van der Waals surface area contributed by atoms with E-state index in [1.165, 1.54) is 0 Å². The van der Waals surface area contributed by atoms with Crippen molar-refractivity contribution in [2.24, 2.45) is 0 Å². The molecule has 0 atom stereocenters. The first kappa shape index (κ1) is 18.6. The largest absolute Gasteiger partial charge is 0.381 e. The number of nitrogens with one attached hydrogen (secondary N) is 1. The van der Waals surface area contributed by atoms with Gasteiger partial charge in [0.2, 0.25) is 0 Å². The van der Waals surface area contributed by atoms with Crippen LogP contribution in [0.4, 0.5) is 5.69 Å². The molecule has 7 heteroatoms.